The number of aryl methyl sites for hydroxylation is 1. The molecule has 7 heteroatoms. The molecule has 4 rings (SSSR count). The molecule has 184 valence electrons. The highest BCUT2D eigenvalue weighted by atomic mass is 32.1. The van der Waals surface area contributed by atoms with Gasteiger partial charge in [0.2, 0.25) is 5.91 Å². The lowest BCUT2D eigenvalue weighted by molar-refractivity contribution is -0.136. The Kier molecular flexibility index (Phi) is 7.86. The second-order valence-electron chi connectivity index (χ2n) is 8.98. The van der Waals surface area contributed by atoms with E-state index in [2.05, 4.69) is 11.4 Å². The van der Waals surface area contributed by atoms with Crippen LogP contribution in [0.5, 0.6) is 5.75 Å². The standard InChI is InChI=1S/C28H31FN2O3S/c1-4-20(3)31(28(33)21-6-5-7-22(29)16-21)17-27(32)30-14-12-26-24(13-15-35-26)25(30)18-34-23-10-8-19(2)9-11-23/h5-11,13,15-16,20,25H,4,12,14,17-18H2,1-3H3. The minimum Gasteiger partial charge on any atom is -0.491 e. The molecule has 0 aliphatic carbocycles. The van der Waals surface area contributed by atoms with E-state index in [-0.39, 0.29) is 36.0 Å². The van der Waals surface area contributed by atoms with Gasteiger partial charge in [0.25, 0.3) is 5.91 Å². The number of carbonyl (C=O) groups is 2. The van der Waals surface area contributed by atoms with Crippen molar-refractivity contribution in [1.29, 1.82) is 0 Å². The first-order valence-corrected chi connectivity index (χ1v) is 12.9. The number of hydrogen-bond acceptors (Lipinski definition) is 4. The summed E-state index contributed by atoms with van der Waals surface area (Å²) in [5.74, 6) is -0.189. The fraction of sp³-hybridized carbons (Fsp3) is 0.357. The van der Waals surface area contributed by atoms with E-state index in [1.54, 1.807) is 22.3 Å². The van der Waals surface area contributed by atoms with Gasteiger partial charge < -0.3 is 14.5 Å². The third-order valence-corrected chi connectivity index (χ3v) is 7.60. The highest BCUT2D eigenvalue weighted by Gasteiger charge is 2.34. The van der Waals surface area contributed by atoms with Gasteiger partial charge in [0.15, 0.2) is 0 Å². The second-order valence-corrected chi connectivity index (χ2v) is 9.98. The normalized spacial score (nSPS) is 15.9. The fourth-order valence-electron chi connectivity index (χ4n) is 4.36. The van der Waals surface area contributed by atoms with Crippen molar-refractivity contribution < 1.29 is 18.7 Å². The molecule has 1 aliphatic rings. The van der Waals surface area contributed by atoms with Crippen LogP contribution in [-0.2, 0) is 11.2 Å². The molecule has 35 heavy (non-hydrogen) atoms. The van der Waals surface area contributed by atoms with E-state index in [0.717, 1.165) is 23.3 Å². The third-order valence-electron chi connectivity index (χ3n) is 6.60. The molecule has 2 aromatic carbocycles. The second kappa shape index (κ2) is 11.0. The molecule has 5 nitrogen and oxygen atoms in total. The number of carbonyl (C=O) groups excluding carboxylic acids is 2. The van der Waals surface area contributed by atoms with Gasteiger partial charge in [0, 0.05) is 23.0 Å². The van der Waals surface area contributed by atoms with Crippen molar-refractivity contribution in [3.63, 3.8) is 0 Å². The van der Waals surface area contributed by atoms with Crippen LogP contribution in [-0.4, -0.2) is 47.4 Å². The molecule has 0 N–H and O–H groups in total. The zero-order valence-corrected chi connectivity index (χ0v) is 21.2. The maximum Gasteiger partial charge on any atom is 0.254 e. The summed E-state index contributed by atoms with van der Waals surface area (Å²) in [6, 6.07) is 15.1. The minimum atomic E-state index is -0.472. The predicted molar refractivity (Wildman–Crippen MR) is 136 cm³/mol. The summed E-state index contributed by atoms with van der Waals surface area (Å²) in [6.45, 7) is 6.74. The summed E-state index contributed by atoms with van der Waals surface area (Å²) in [7, 11) is 0. The number of halogens is 1. The van der Waals surface area contributed by atoms with E-state index in [4.69, 9.17) is 4.74 Å². The zero-order valence-electron chi connectivity index (χ0n) is 20.4. The van der Waals surface area contributed by atoms with Gasteiger partial charge in [0.1, 0.15) is 24.7 Å². The highest BCUT2D eigenvalue weighted by Crippen LogP contribution is 2.34. The van der Waals surface area contributed by atoms with Crippen molar-refractivity contribution in [1.82, 2.24) is 9.80 Å². The summed E-state index contributed by atoms with van der Waals surface area (Å²) < 4.78 is 19.9. The van der Waals surface area contributed by atoms with Crippen molar-refractivity contribution >= 4 is 23.2 Å². The molecule has 0 spiro atoms. The first-order chi connectivity index (χ1) is 16.9. The number of amides is 2. The lowest BCUT2D eigenvalue weighted by atomic mass is 10.00. The topological polar surface area (TPSA) is 49.9 Å². The molecule has 2 atom stereocenters. The average molecular weight is 495 g/mol. The van der Waals surface area contributed by atoms with Gasteiger partial charge in [-0.05, 0) is 74.0 Å². The Bertz CT molecular complexity index is 1180. The Morgan fingerprint density at radius 3 is 2.69 bits per heavy atom. The lowest BCUT2D eigenvalue weighted by Crippen LogP contribution is -2.49. The van der Waals surface area contributed by atoms with Crippen LogP contribution in [0.4, 0.5) is 4.39 Å². The van der Waals surface area contributed by atoms with Crippen LogP contribution in [0.3, 0.4) is 0 Å². The quantitative estimate of drug-likeness (QED) is 0.407. The Balaban J connectivity index is 1.54. The van der Waals surface area contributed by atoms with Gasteiger partial charge in [-0.15, -0.1) is 11.3 Å². The van der Waals surface area contributed by atoms with Gasteiger partial charge in [0.05, 0.1) is 6.04 Å². The molecular formula is C28H31FN2O3S. The Hall–Kier alpha value is -3.19. The number of thiophene rings is 1. The van der Waals surface area contributed by atoms with Gasteiger partial charge >= 0.3 is 0 Å². The van der Waals surface area contributed by atoms with Crippen molar-refractivity contribution in [2.24, 2.45) is 0 Å². The van der Waals surface area contributed by atoms with Crippen molar-refractivity contribution in [3.05, 3.63) is 87.4 Å². The van der Waals surface area contributed by atoms with Gasteiger partial charge in [-0.1, -0.05) is 30.7 Å². The van der Waals surface area contributed by atoms with Gasteiger partial charge in [-0.25, -0.2) is 4.39 Å². The summed E-state index contributed by atoms with van der Waals surface area (Å²) >= 11 is 1.70. The summed E-state index contributed by atoms with van der Waals surface area (Å²) in [6.07, 6.45) is 1.46. The van der Waals surface area contributed by atoms with Crippen LogP contribution in [0.25, 0.3) is 0 Å². The molecule has 1 aliphatic heterocycles. The molecule has 0 saturated carbocycles. The first kappa shape index (κ1) is 24.9. The number of rotatable bonds is 8. The molecule has 2 heterocycles. The smallest absolute Gasteiger partial charge is 0.254 e. The minimum absolute atomic E-state index is 0.0646. The first-order valence-electron chi connectivity index (χ1n) is 12.0. The number of hydrogen-bond donors (Lipinski definition) is 0. The molecule has 2 amide bonds. The van der Waals surface area contributed by atoms with Gasteiger partial charge in [-0.2, -0.15) is 0 Å². The molecule has 3 aromatic rings. The van der Waals surface area contributed by atoms with Crippen LogP contribution < -0.4 is 4.74 Å². The number of fused-ring (bicyclic) bond motifs is 1. The van der Waals surface area contributed by atoms with Crippen LogP contribution in [0.15, 0.2) is 60.0 Å². The zero-order chi connectivity index (χ0) is 24.9. The van der Waals surface area contributed by atoms with Crippen LogP contribution in [0.1, 0.15) is 52.7 Å². The Labute approximate surface area is 210 Å². The van der Waals surface area contributed by atoms with E-state index < -0.39 is 5.82 Å². The van der Waals surface area contributed by atoms with Crippen LogP contribution in [0.2, 0.25) is 0 Å². The number of ether oxygens (including phenoxy) is 1. The maximum absolute atomic E-state index is 13.8. The number of nitrogens with zero attached hydrogens (tertiary/aromatic N) is 2. The van der Waals surface area contributed by atoms with Crippen LogP contribution >= 0.6 is 11.3 Å². The summed E-state index contributed by atoms with van der Waals surface area (Å²) in [5, 5.41) is 2.05. The molecule has 0 saturated heterocycles. The van der Waals surface area contributed by atoms with E-state index >= 15 is 0 Å². The monoisotopic (exact) mass is 494 g/mol. The molecule has 0 fully saturated rings. The maximum atomic E-state index is 13.8. The molecule has 0 bridgehead atoms. The molecule has 1 aromatic heterocycles. The Morgan fingerprint density at radius 2 is 1.97 bits per heavy atom. The molecular weight excluding hydrogens is 463 g/mol. The average Bonchev–Trinajstić information content (AvgIpc) is 3.35. The third kappa shape index (κ3) is 5.73. The molecule has 2 unspecified atom stereocenters. The largest absolute Gasteiger partial charge is 0.491 e. The highest BCUT2D eigenvalue weighted by molar-refractivity contribution is 7.10. The fourth-order valence-corrected chi connectivity index (χ4v) is 5.28. The summed E-state index contributed by atoms with van der Waals surface area (Å²) in [4.78, 5) is 31.5. The lowest BCUT2D eigenvalue weighted by Gasteiger charge is -2.38. The van der Waals surface area contributed by atoms with Crippen molar-refractivity contribution in [3.8, 4) is 5.75 Å². The summed E-state index contributed by atoms with van der Waals surface area (Å²) in [5.41, 5.74) is 2.50. The van der Waals surface area contributed by atoms with Crippen molar-refractivity contribution in [2.45, 2.75) is 45.7 Å². The number of benzene rings is 2. The van der Waals surface area contributed by atoms with E-state index in [1.807, 2.05) is 49.9 Å². The van der Waals surface area contributed by atoms with E-state index in [1.165, 1.54) is 23.1 Å². The molecule has 0 radical (unpaired) electrons. The van der Waals surface area contributed by atoms with Crippen LogP contribution in [0, 0.1) is 12.7 Å². The predicted octanol–water partition coefficient (Wildman–Crippen LogP) is 5.64. The van der Waals surface area contributed by atoms with E-state index in [9.17, 15) is 14.0 Å². The van der Waals surface area contributed by atoms with E-state index in [0.29, 0.717) is 19.6 Å². The Morgan fingerprint density at radius 1 is 1.20 bits per heavy atom. The van der Waals surface area contributed by atoms with Crippen molar-refractivity contribution in [2.75, 3.05) is 19.7 Å². The van der Waals surface area contributed by atoms with Gasteiger partial charge in [-0.3, -0.25) is 9.59 Å². The SMILES string of the molecule is CCC(C)N(CC(=O)N1CCc2sccc2C1COc1ccc(C)cc1)C(=O)c1cccc(F)c1.